The third kappa shape index (κ3) is 3.13. The minimum absolute atomic E-state index is 0.000419. The van der Waals surface area contributed by atoms with Gasteiger partial charge in [-0.05, 0) is 44.0 Å². The van der Waals surface area contributed by atoms with Gasteiger partial charge in [-0.25, -0.2) is 8.42 Å². The van der Waals surface area contributed by atoms with Crippen molar-refractivity contribution in [2.75, 3.05) is 4.72 Å². The highest BCUT2D eigenvalue weighted by Gasteiger charge is 2.26. The molecule has 3 aromatic rings. The molecule has 4 rings (SSSR count). The van der Waals surface area contributed by atoms with Gasteiger partial charge in [0.1, 0.15) is 5.76 Å². The standard InChI is InChI=1S/C20H18ClNO4S/c1-11-6-7-18(12(2)8-11)27(24,25)22-13-9-14-19-16(23)4-3-5-17(19)26-20(14)15(21)10-13/h6-10,22H,3-5H2,1-2H3. The molecular weight excluding hydrogens is 386 g/mol. The van der Waals surface area contributed by atoms with Crippen molar-refractivity contribution in [2.24, 2.45) is 0 Å². The van der Waals surface area contributed by atoms with E-state index in [1.807, 2.05) is 13.0 Å². The molecule has 2 aromatic carbocycles. The molecule has 0 fully saturated rings. The van der Waals surface area contributed by atoms with E-state index < -0.39 is 10.0 Å². The Kier molecular flexibility index (Phi) is 4.28. The number of rotatable bonds is 3. The molecule has 0 spiro atoms. The Bertz CT molecular complexity index is 1190. The largest absolute Gasteiger partial charge is 0.459 e. The lowest BCUT2D eigenvalue weighted by molar-refractivity contribution is 0.0971. The van der Waals surface area contributed by atoms with Crippen molar-refractivity contribution in [3.05, 3.63) is 57.8 Å². The summed E-state index contributed by atoms with van der Waals surface area (Å²) in [5.74, 6) is 0.623. The first-order valence-corrected chi connectivity index (χ1v) is 10.5. The lowest BCUT2D eigenvalue weighted by atomic mass is 9.94. The predicted molar refractivity (Wildman–Crippen MR) is 105 cm³/mol. The normalized spacial score (nSPS) is 14.4. The fourth-order valence-corrected chi connectivity index (χ4v) is 5.12. The zero-order valence-corrected chi connectivity index (χ0v) is 16.5. The highest BCUT2D eigenvalue weighted by atomic mass is 35.5. The molecule has 1 aromatic heterocycles. The molecular formula is C20H18ClNO4S. The van der Waals surface area contributed by atoms with E-state index in [-0.39, 0.29) is 15.7 Å². The average Bonchev–Trinajstić information content (AvgIpc) is 2.94. The van der Waals surface area contributed by atoms with Gasteiger partial charge >= 0.3 is 0 Å². The molecule has 140 valence electrons. The highest BCUT2D eigenvalue weighted by Crippen LogP contribution is 2.38. The molecule has 0 aliphatic heterocycles. The number of benzene rings is 2. The van der Waals surface area contributed by atoms with Gasteiger partial charge in [0.25, 0.3) is 10.0 Å². The summed E-state index contributed by atoms with van der Waals surface area (Å²) >= 11 is 6.32. The van der Waals surface area contributed by atoms with Crippen LogP contribution in [0.5, 0.6) is 0 Å². The van der Waals surface area contributed by atoms with Crippen molar-refractivity contribution in [1.29, 1.82) is 0 Å². The first-order chi connectivity index (χ1) is 12.8. The third-order valence-electron chi connectivity index (χ3n) is 4.78. The maximum absolute atomic E-state index is 12.8. The Hall–Kier alpha value is -2.31. The Morgan fingerprint density at radius 1 is 1.11 bits per heavy atom. The molecule has 27 heavy (non-hydrogen) atoms. The zero-order chi connectivity index (χ0) is 19.3. The van der Waals surface area contributed by atoms with Gasteiger partial charge in [-0.3, -0.25) is 9.52 Å². The van der Waals surface area contributed by atoms with Gasteiger partial charge < -0.3 is 4.42 Å². The van der Waals surface area contributed by atoms with Crippen LogP contribution in [0.4, 0.5) is 5.69 Å². The number of Topliss-reactive ketones (excluding diaryl/α,β-unsaturated/α-hetero) is 1. The van der Waals surface area contributed by atoms with Gasteiger partial charge in [-0.1, -0.05) is 29.3 Å². The number of carbonyl (C=O) groups is 1. The molecule has 7 heteroatoms. The second-order valence-corrected chi connectivity index (χ2v) is 8.94. The topological polar surface area (TPSA) is 76.4 Å². The van der Waals surface area contributed by atoms with Crippen LogP contribution in [0.2, 0.25) is 5.02 Å². The summed E-state index contributed by atoms with van der Waals surface area (Å²) in [6.07, 6.45) is 1.88. The lowest BCUT2D eigenvalue weighted by Gasteiger charge is -2.12. The van der Waals surface area contributed by atoms with Crippen molar-refractivity contribution in [1.82, 2.24) is 0 Å². The van der Waals surface area contributed by atoms with Crippen LogP contribution >= 0.6 is 11.6 Å². The smallest absolute Gasteiger partial charge is 0.262 e. The molecule has 0 saturated heterocycles. The van der Waals surface area contributed by atoms with Crippen LogP contribution in [0, 0.1) is 13.8 Å². The van der Waals surface area contributed by atoms with Crippen LogP contribution in [0.25, 0.3) is 11.0 Å². The number of anilines is 1. The molecule has 1 aliphatic rings. The number of ketones is 1. The number of halogens is 1. The van der Waals surface area contributed by atoms with E-state index in [1.54, 1.807) is 25.1 Å². The van der Waals surface area contributed by atoms with Gasteiger partial charge in [0, 0.05) is 18.2 Å². The van der Waals surface area contributed by atoms with Crippen molar-refractivity contribution in [2.45, 2.75) is 38.0 Å². The summed E-state index contributed by atoms with van der Waals surface area (Å²) in [6.45, 7) is 3.66. The van der Waals surface area contributed by atoms with Crippen LogP contribution < -0.4 is 4.72 Å². The van der Waals surface area contributed by atoms with Crippen LogP contribution in [-0.2, 0) is 16.4 Å². The quantitative estimate of drug-likeness (QED) is 0.665. The first kappa shape index (κ1) is 18.1. The summed E-state index contributed by atoms with van der Waals surface area (Å²) in [6, 6.07) is 8.27. The number of hydrogen-bond donors (Lipinski definition) is 1. The number of aryl methyl sites for hydroxylation is 3. The molecule has 0 saturated carbocycles. The van der Waals surface area contributed by atoms with Crippen molar-refractivity contribution < 1.29 is 17.6 Å². The average molecular weight is 404 g/mol. The van der Waals surface area contributed by atoms with Gasteiger partial charge in [0.2, 0.25) is 0 Å². The minimum Gasteiger partial charge on any atom is -0.459 e. The third-order valence-corrected chi connectivity index (χ3v) is 6.60. The van der Waals surface area contributed by atoms with E-state index >= 15 is 0 Å². The van der Waals surface area contributed by atoms with Crippen molar-refractivity contribution >= 4 is 44.1 Å². The predicted octanol–water partition coefficient (Wildman–Crippen LogP) is 5.02. The molecule has 5 nitrogen and oxygen atoms in total. The van der Waals surface area contributed by atoms with Gasteiger partial charge in [-0.15, -0.1) is 0 Å². The maximum Gasteiger partial charge on any atom is 0.262 e. The van der Waals surface area contributed by atoms with Crippen molar-refractivity contribution in [3.63, 3.8) is 0 Å². The van der Waals surface area contributed by atoms with E-state index in [1.165, 1.54) is 6.07 Å². The summed E-state index contributed by atoms with van der Waals surface area (Å²) in [5.41, 5.74) is 2.89. The second kappa shape index (κ2) is 6.39. The molecule has 0 radical (unpaired) electrons. The summed E-state index contributed by atoms with van der Waals surface area (Å²) in [5, 5.41) is 0.827. The van der Waals surface area contributed by atoms with Gasteiger partial charge in [0.15, 0.2) is 11.4 Å². The molecule has 0 atom stereocenters. The molecule has 1 heterocycles. The van der Waals surface area contributed by atoms with Crippen LogP contribution in [0.15, 0.2) is 39.6 Å². The summed E-state index contributed by atoms with van der Waals surface area (Å²) in [4.78, 5) is 12.5. The SMILES string of the molecule is Cc1ccc(S(=O)(=O)Nc2cc(Cl)c3oc4c(c3c2)C(=O)CCC4)c(C)c1. The Balaban J connectivity index is 1.80. The molecule has 1 N–H and O–H groups in total. The monoisotopic (exact) mass is 403 g/mol. The fraction of sp³-hybridized carbons (Fsp3) is 0.250. The van der Waals surface area contributed by atoms with Gasteiger partial charge in [-0.2, -0.15) is 0 Å². The molecule has 0 amide bonds. The summed E-state index contributed by atoms with van der Waals surface area (Å²) in [7, 11) is -3.79. The fourth-order valence-electron chi connectivity index (χ4n) is 3.59. The lowest BCUT2D eigenvalue weighted by Crippen LogP contribution is -2.14. The van der Waals surface area contributed by atoms with E-state index in [0.717, 1.165) is 12.0 Å². The number of sulfonamides is 1. The molecule has 0 unspecified atom stereocenters. The molecule has 0 bridgehead atoms. The number of fused-ring (bicyclic) bond motifs is 3. The minimum atomic E-state index is -3.79. The Labute approximate surface area is 162 Å². The van der Waals surface area contributed by atoms with E-state index in [2.05, 4.69) is 4.72 Å². The summed E-state index contributed by atoms with van der Waals surface area (Å²) < 4.78 is 34.0. The van der Waals surface area contributed by atoms with E-state index in [4.69, 9.17) is 16.0 Å². The zero-order valence-electron chi connectivity index (χ0n) is 14.9. The van der Waals surface area contributed by atoms with Crippen LogP contribution in [-0.4, -0.2) is 14.2 Å². The highest BCUT2D eigenvalue weighted by molar-refractivity contribution is 7.92. The Morgan fingerprint density at radius 3 is 2.63 bits per heavy atom. The second-order valence-electron chi connectivity index (χ2n) is 6.89. The first-order valence-electron chi connectivity index (χ1n) is 8.64. The van der Waals surface area contributed by atoms with Crippen LogP contribution in [0.1, 0.15) is 40.1 Å². The number of furan rings is 1. The number of carbonyl (C=O) groups excluding carboxylic acids is 1. The van der Waals surface area contributed by atoms with E-state index in [0.29, 0.717) is 46.4 Å². The van der Waals surface area contributed by atoms with Gasteiger partial charge in [0.05, 0.1) is 21.2 Å². The Morgan fingerprint density at radius 2 is 1.89 bits per heavy atom. The molecule has 1 aliphatic carbocycles. The van der Waals surface area contributed by atoms with Crippen LogP contribution in [0.3, 0.4) is 0 Å². The number of hydrogen-bond acceptors (Lipinski definition) is 4. The van der Waals surface area contributed by atoms with E-state index in [9.17, 15) is 13.2 Å². The van der Waals surface area contributed by atoms with Crippen molar-refractivity contribution in [3.8, 4) is 0 Å². The maximum atomic E-state index is 12.8. The number of nitrogens with one attached hydrogen (secondary N) is 1.